The van der Waals surface area contributed by atoms with Gasteiger partial charge in [-0.1, -0.05) is 11.3 Å². The Morgan fingerprint density at radius 2 is 2.24 bits per heavy atom. The summed E-state index contributed by atoms with van der Waals surface area (Å²) in [5, 5.41) is 21.9. The number of carbonyl (C=O) groups is 2. The molecule has 1 unspecified atom stereocenters. The van der Waals surface area contributed by atoms with Crippen molar-refractivity contribution in [2.75, 3.05) is 16.8 Å². The van der Waals surface area contributed by atoms with Gasteiger partial charge in [0.25, 0.3) is 11.7 Å². The average molecular weight is 364 g/mol. The van der Waals surface area contributed by atoms with Gasteiger partial charge >= 0.3 is 5.82 Å². The van der Waals surface area contributed by atoms with E-state index >= 15 is 0 Å². The minimum Gasteiger partial charge on any atom is -0.475 e. The monoisotopic (exact) mass is 364 g/mol. The summed E-state index contributed by atoms with van der Waals surface area (Å²) < 4.78 is 5.38. The van der Waals surface area contributed by atoms with E-state index in [9.17, 15) is 19.7 Å². The predicted molar refractivity (Wildman–Crippen MR) is 86.6 cm³/mol. The molecule has 3 heterocycles. The quantitative estimate of drug-likeness (QED) is 0.623. The van der Waals surface area contributed by atoms with Crippen molar-refractivity contribution in [1.82, 2.24) is 15.2 Å². The summed E-state index contributed by atoms with van der Waals surface area (Å²) in [7, 11) is 0. The van der Waals surface area contributed by atoms with E-state index in [1.807, 2.05) is 0 Å². The van der Waals surface area contributed by atoms with Crippen LogP contribution in [0.3, 0.4) is 0 Å². The van der Waals surface area contributed by atoms with Gasteiger partial charge < -0.3 is 14.9 Å². The fourth-order valence-corrected chi connectivity index (χ4v) is 2.79. The lowest BCUT2D eigenvalue weighted by molar-refractivity contribution is -0.389. The van der Waals surface area contributed by atoms with Crippen molar-refractivity contribution in [1.29, 1.82) is 0 Å². The van der Waals surface area contributed by atoms with Gasteiger partial charge in [-0.25, -0.2) is 0 Å². The number of nitrogens with zero attached hydrogens (tertiary/aromatic N) is 5. The van der Waals surface area contributed by atoms with Crippen LogP contribution in [-0.2, 0) is 9.59 Å². The van der Waals surface area contributed by atoms with Gasteiger partial charge in [-0.2, -0.15) is 0 Å². The Morgan fingerprint density at radius 3 is 2.88 bits per heavy atom. The first-order valence-corrected chi connectivity index (χ1v) is 7.90. The summed E-state index contributed by atoms with van der Waals surface area (Å²) in [4.78, 5) is 39.6. The van der Waals surface area contributed by atoms with Crippen LogP contribution in [0.15, 0.2) is 12.1 Å². The van der Waals surface area contributed by atoms with Crippen LogP contribution in [0.4, 0.5) is 16.8 Å². The summed E-state index contributed by atoms with van der Waals surface area (Å²) in [6.45, 7) is 2.87. The second-order valence-electron chi connectivity index (χ2n) is 5.11. The normalized spacial score (nSPS) is 16.2. The standard InChI is InChI=1S/C13H12N6O5S/c1-6-12(21)18(5-10(20)15-13-17-16-7(2)25-13)11-8(24-6)3-4-9(14-11)19(22)23/h3-4,6H,5H2,1-2H3,(H,15,17,20). The van der Waals surface area contributed by atoms with Crippen LogP contribution in [0.1, 0.15) is 11.9 Å². The van der Waals surface area contributed by atoms with E-state index in [0.717, 1.165) is 4.90 Å². The van der Waals surface area contributed by atoms with E-state index in [4.69, 9.17) is 4.74 Å². The molecule has 0 saturated heterocycles. The lowest BCUT2D eigenvalue weighted by Gasteiger charge is -2.28. The van der Waals surface area contributed by atoms with Crippen molar-refractivity contribution < 1.29 is 19.2 Å². The number of aryl methyl sites for hydroxylation is 1. The predicted octanol–water partition coefficient (Wildman–Crippen LogP) is 0.902. The molecular formula is C13H12N6O5S. The number of nitrogens with one attached hydrogen (secondary N) is 1. The molecule has 0 aliphatic carbocycles. The molecule has 1 atom stereocenters. The number of carbonyl (C=O) groups excluding carboxylic acids is 2. The van der Waals surface area contributed by atoms with Gasteiger partial charge in [0.05, 0.1) is 0 Å². The minimum absolute atomic E-state index is 0.0686. The van der Waals surface area contributed by atoms with Gasteiger partial charge in [0, 0.05) is 6.07 Å². The van der Waals surface area contributed by atoms with Crippen LogP contribution in [0.5, 0.6) is 5.75 Å². The Morgan fingerprint density at radius 1 is 1.48 bits per heavy atom. The van der Waals surface area contributed by atoms with E-state index in [2.05, 4.69) is 20.5 Å². The lowest BCUT2D eigenvalue weighted by atomic mass is 10.2. The number of pyridine rings is 1. The molecule has 0 spiro atoms. The molecule has 0 saturated carbocycles. The zero-order valence-electron chi connectivity index (χ0n) is 13.1. The number of aromatic nitrogens is 3. The molecule has 0 radical (unpaired) electrons. The molecule has 1 aliphatic heterocycles. The fraction of sp³-hybridized carbons (Fsp3) is 0.308. The maximum atomic E-state index is 12.3. The van der Waals surface area contributed by atoms with E-state index < -0.39 is 28.7 Å². The Hall–Kier alpha value is -3.15. The van der Waals surface area contributed by atoms with Crippen molar-refractivity contribution in [3.8, 4) is 5.75 Å². The zero-order valence-corrected chi connectivity index (χ0v) is 13.9. The van der Waals surface area contributed by atoms with Crippen LogP contribution >= 0.6 is 11.3 Å². The van der Waals surface area contributed by atoms with Crippen molar-refractivity contribution in [3.05, 3.63) is 27.3 Å². The van der Waals surface area contributed by atoms with Crippen molar-refractivity contribution in [3.63, 3.8) is 0 Å². The molecule has 130 valence electrons. The van der Waals surface area contributed by atoms with E-state index in [1.165, 1.54) is 30.4 Å². The van der Waals surface area contributed by atoms with Gasteiger partial charge in [0.15, 0.2) is 11.9 Å². The summed E-state index contributed by atoms with van der Waals surface area (Å²) >= 11 is 1.18. The molecule has 2 aromatic heterocycles. The average Bonchev–Trinajstić information content (AvgIpc) is 2.96. The number of rotatable bonds is 4. The van der Waals surface area contributed by atoms with Gasteiger partial charge in [-0.05, 0) is 29.8 Å². The van der Waals surface area contributed by atoms with Gasteiger partial charge in [0.1, 0.15) is 11.6 Å². The van der Waals surface area contributed by atoms with Crippen molar-refractivity contribution in [2.24, 2.45) is 0 Å². The molecule has 2 amide bonds. The number of nitro groups is 1. The van der Waals surface area contributed by atoms with Crippen LogP contribution in [0.2, 0.25) is 0 Å². The Balaban J connectivity index is 1.86. The third-order valence-electron chi connectivity index (χ3n) is 3.26. The number of ether oxygens (including phenoxy) is 1. The smallest absolute Gasteiger partial charge is 0.366 e. The summed E-state index contributed by atoms with van der Waals surface area (Å²) in [5.74, 6) is -1.38. The molecule has 0 aromatic carbocycles. The Labute approximate surface area is 144 Å². The fourth-order valence-electron chi connectivity index (χ4n) is 2.18. The minimum atomic E-state index is -0.840. The molecule has 0 fully saturated rings. The van der Waals surface area contributed by atoms with E-state index in [1.54, 1.807) is 6.92 Å². The molecule has 12 heteroatoms. The highest BCUT2D eigenvalue weighted by molar-refractivity contribution is 7.15. The SMILES string of the molecule is Cc1nnc(NC(=O)CN2C(=O)C(C)Oc3ccc([N+](=O)[O-])nc32)s1. The summed E-state index contributed by atoms with van der Waals surface area (Å²) in [6, 6.07) is 2.52. The second kappa shape index (κ2) is 6.39. The highest BCUT2D eigenvalue weighted by Crippen LogP contribution is 2.33. The molecule has 1 N–H and O–H groups in total. The van der Waals surface area contributed by atoms with Crippen LogP contribution < -0.4 is 15.0 Å². The second-order valence-corrected chi connectivity index (χ2v) is 6.29. The molecular weight excluding hydrogens is 352 g/mol. The van der Waals surface area contributed by atoms with E-state index in [-0.39, 0.29) is 18.1 Å². The highest BCUT2D eigenvalue weighted by Gasteiger charge is 2.37. The van der Waals surface area contributed by atoms with Crippen LogP contribution in [-0.4, -0.2) is 44.6 Å². The van der Waals surface area contributed by atoms with Gasteiger partial charge in [-0.3, -0.25) is 19.8 Å². The zero-order chi connectivity index (χ0) is 18.1. The third kappa shape index (κ3) is 3.38. The van der Waals surface area contributed by atoms with Crippen molar-refractivity contribution in [2.45, 2.75) is 20.0 Å². The molecule has 3 rings (SSSR count). The first kappa shape index (κ1) is 16.7. The number of hydrogen-bond donors (Lipinski definition) is 1. The maximum Gasteiger partial charge on any atom is 0.366 e. The van der Waals surface area contributed by atoms with Gasteiger partial charge in [-0.15, -0.1) is 10.2 Å². The topological polar surface area (TPSA) is 140 Å². The number of anilines is 2. The molecule has 25 heavy (non-hydrogen) atoms. The van der Waals surface area contributed by atoms with Gasteiger partial charge in [0.2, 0.25) is 11.0 Å². The number of fused-ring (bicyclic) bond motifs is 1. The van der Waals surface area contributed by atoms with Crippen molar-refractivity contribution >= 4 is 39.9 Å². The largest absolute Gasteiger partial charge is 0.475 e. The summed E-state index contributed by atoms with van der Waals surface area (Å²) in [6.07, 6.45) is -0.840. The van der Waals surface area contributed by atoms with E-state index in [0.29, 0.717) is 10.1 Å². The Kier molecular flexibility index (Phi) is 4.27. The third-order valence-corrected chi connectivity index (χ3v) is 4.01. The molecule has 2 aromatic rings. The van der Waals surface area contributed by atoms with Crippen LogP contribution in [0.25, 0.3) is 0 Å². The number of amides is 2. The molecule has 1 aliphatic rings. The number of hydrogen-bond acceptors (Lipinski definition) is 9. The maximum absolute atomic E-state index is 12.3. The first-order chi connectivity index (χ1) is 11.8. The lowest BCUT2D eigenvalue weighted by Crippen LogP contribution is -2.48. The first-order valence-electron chi connectivity index (χ1n) is 7.08. The molecule has 0 bridgehead atoms. The highest BCUT2D eigenvalue weighted by atomic mass is 32.1. The summed E-state index contributed by atoms with van der Waals surface area (Å²) in [5.41, 5.74) is 0. The van der Waals surface area contributed by atoms with Crippen LogP contribution in [0, 0.1) is 17.0 Å². The molecule has 11 nitrogen and oxygen atoms in total. The Bertz CT molecular complexity index is 868.